The lowest BCUT2D eigenvalue weighted by Crippen LogP contribution is -2.04. The van der Waals surface area contributed by atoms with Gasteiger partial charge >= 0.3 is 0 Å². The first-order chi connectivity index (χ1) is 8.06. The van der Waals surface area contributed by atoms with Crippen LogP contribution in [0.2, 0.25) is 0 Å². The minimum absolute atomic E-state index is 0.221. The van der Waals surface area contributed by atoms with Gasteiger partial charge in [-0.05, 0) is 24.5 Å². The Labute approximate surface area is 101 Å². The van der Waals surface area contributed by atoms with Crippen LogP contribution < -0.4 is 0 Å². The highest BCUT2D eigenvalue weighted by atomic mass is 16.5. The number of hydrogen-bond acceptors (Lipinski definition) is 3. The zero-order valence-corrected chi connectivity index (χ0v) is 10.4. The minimum atomic E-state index is -0.410. The molecule has 2 heterocycles. The molecular formula is C13H18N2O2. The number of hydrogen-bond donors (Lipinski definition) is 1. The van der Waals surface area contributed by atoms with Crippen LogP contribution in [0.5, 0.6) is 0 Å². The second-order valence-electron chi connectivity index (χ2n) is 4.74. The molecule has 4 nitrogen and oxygen atoms in total. The second kappa shape index (κ2) is 4.75. The summed E-state index contributed by atoms with van der Waals surface area (Å²) in [5.74, 6) is 1.04. The first kappa shape index (κ1) is 11.9. The minimum Gasteiger partial charge on any atom is -0.388 e. The van der Waals surface area contributed by atoms with E-state index in [0.29, 0.717) is 6.54 Å². The van der Waals surface area contributed by atoms with Crippen LogP contribution in [0.1, 0.15) is 37.0 Å². The topological polar surface area (TPSA) is 51.2 Å². The Morgan fingerprint density at radius 3 is 2.82 bits per heavy atom. The summed E-state index contributed by atoms with van der Waals surface area (Å²) in [7, 11) is 0. The SMILES string of the molecule is Cc1cc(Cn2ccc(C(O)C(C)C)c2)on1. The molecule has 0 aliphatic rings. The fourth-order valence-corrected chi connectivity index (χ4v) is 1.79. The number of rotatable bonds is 4. The number of nitrogens with zero attached hydrogens (tertiary/aromatic N) is 2. The van der Waals surface area contributed by atoms with Crippen molar-refractivity contribution in [2.45, 2.75) is 33.4 Å². The molecule has 17 heavy (non-hydrogen) atoms. The van der Waals surface area contributed by atoms with Crippen LogP contribution in [-0.4, -0.2) is 14.8 Å². The molecule has 0 saturated heterocycles. The standard InChI is InChI=1S/C13H18N2O2/c1-9(2)13(16)11-4-5-15(7-11)8-12-6-10(3)14-17-12/h4-7,9,13,16H,8H2,1-3H3. The third-order valence-corrected chi connectivity index (χ3v) is 2.76. The summed E-state index contributed by atoms with van der Waals surface area (Å²) in [6.07, 6.45) is 3.48. The zero-order chi connectivity index (χ0) is 12.4. The summed E-state index contributed by atoms with van der Waals surface area (Å²) < 4.78 is 7.14. The molecule has 1 atom stereocenters. The second-order valence-corrected chi connectivity index (χ2v) is 4.74. The van der Waals surface area contributed by atoms with Crippen LogP contribution in [0.15, 0.2) is 29.0 Å². The van der Waals surface area contributed by atoms with Crippen LogP contribution in [-0.2, 0) is 6.54 Å². The van der Waals surface area contributed by atoms with Crippen molar-refractivity contribution < 1.29 is 9.63 Å². The van der Waals surface area contributed by atoms with Crippen molar-refractivity contribution >= 4 is 0 Å². The smallest absolute Gasteiger partial charge is 0.156 e. The Morgan fingerprint density at radius 1 is 1.47 bits per heavy atom. The molecule has 0 aliphatic carbocycles. The first-order valence-electron chi connectivity index (χ1n) is 5.82. The van der Waals surface area contributed by atoms with Gasteiger partial charge in [0, 0.05) is 18.5 Å². The van der Waals surface area contributed by atoms with Gasteiger partial charge in [-0.25, -0.2) is 0 Å². The Hall–Kier alpha value is -1.55. The largest absolute Gasteiger partial charge is 0.388 e. The quantitative estimate of drug-likeness (QED) is 0.884. The first-order valence-corrected chi connectivity index (χ1v) is 5.82. The monoisotopic (exact) mass is 234 g/mol. The predicted octanol–water partition coefficient (Wildman–Crippen LogP) is 2.52. The molecule has 92 valence electrons. The van der Waals surface area contributed by atoms with E-state index in [1.165, 1.54) is 0 Å². The Bertz CT molecular complexity index is 485. The Morgan fingerprint density at radius 2 is 2.24 bits per heavy atom. The molecule has 1 unspecified atom stereocenters. The van der Waals surface area contributed by atoms with Crippen LogP contribution in [0.25, 0.3) is 0 Å². The Kier molecular flexibility index (Phi) is 3.33. The van der Waals surface area contributed by atoms with Gasteiger partial charge in [-0.3, -0.25) is 0 Å². The van der Waals surface area contributed by atoms with E-state index in [0.717, 1.165) is 17.0 Å². The molecule has 0 bridgehead atoms. The van der Waals surface area contributed by atoms with Gasteiger partial charge in [0.05, 0.1) is 18.3 Å². The van der Waals surface area contributed by atoms with Crippen molar-refractivity contribution in [1.82, 2.24) is 9.72 Å². The van der Waals surface area contributed by atoms with E-state index in [-0.39, 0.29) is 5.92 Å². The zero-order valence-electron chi connectivity index (χ0n) is 10.4. The fourth-order valence-electron chi connectivity index (χ4n) is 1.79. The molecule has 0 spiro atoms. The van der Waals surface area contributed by atoms with Crippen molar-refractivity contribution in [1.29, 1.82) is 0 Å². The molecule has 0 radical (unpaired) electrons. The van der Waals surface area contributed by atoms with Gasteiger partial charge in [0.1, 0.15) is 0 Å². The molecule has 2 aromatic rings. The summed E-state index contributed by atoms with van der Waals surface area (Å²) in [4.78, 5) is 0. The summed E-state index contributed by atoms with van der Waals surface area (Å²) in [6.45, 7) is 6.55. The highest BCUT2D eigenvalue weighted by Crippen LogP contribution is 2.21. The lowest BCUT2D eigenvalue weighted by atomic mass is 10.0. The van der Waals surface area contributed by atoms with Crippen LogP contribution in [0.3, 0.4) is 0 Å². The van der Waals surface area contributed by atoms with Gasteiger partial charge in [0.2, 0.25) is 0 Å². The van der Waals surface area contributed by atoms with Crippen molar-refractivity contribution in [3.63, 3.8) is 0 Å². The Balaban J connectivity index is 2.08. The molecule has 0 aliphatic heterocycles. The lowest BCUT2D eigenvalue weighted by molar-refractivity contribution is 0.127. The molecule has 0 amide bonds. The van der Waals surface area contributed by atoms with E-state index in [1.54, 1.807) is 0 Å². The van der Waals surface area contributed by atoms with Crippen molar-refractivity contribution in [3.8, 4) is 0 Å². The highest BCUT2D eigenvalue weighted by molar-refractivity contribution is 5.15. The summed E-state index contributed by atoms with van der Waals surface area (Å²) >= 11 is 0. The van der Waals surface area contributed by atoms with Crippen molar-refractivity contribution in [2.24, 2.45) is 5.92 Å². The van der Waals surface area contributed by atoms with Gasteiger partial charge in [-0.2, -0.15) is 0 Å². The van der Waals surface area contributed by atoms with E-state index < -0.39 is 6.10 Å². The van der Waals surface area contributed by atoms with Crippen molar-refractivity contribution in [2.75, 3.05) is 0 Å². The van der Waals surface area contributed by atoms with E-state index in [1.807, 2.05) is 49.9 Å². The van der Waals surface area contributed by atoms with Crippen LogP contribution in [0.4, 0.5) is 0 Å². The molecule has 0 saturated carbocycles. The molecule has 4 heteroatoms. The number of aromatic nitrogens is 2. The van der Waals surface area contributed by atoms with Gasteiger partial charge in [-0.1, -0.05) is 19.0 Å². The molecule has 0 fully saturated rings. The van der Waals surface area contributed by atoms with Crippen molar-refractivity contribution in [3.05, 3.63) is 41.5 Å². The normalized spacial score (nSPS) is 13.2. The third-order valence-electron chi connectivity index (χ3n) is 2.76. The molecule has 0 aromatic carbocycles. The third kappa shape index (κ3) is 2.77. The number of aryl methyl sites for hydroxylation is 1. The van der Waals surface area contributed by atoms with E-state index >= 15 is 0 Å². The van der Waals surface area contributed by atoms with Gasteiger partial charge in [0.15, 0.2) is 5.76 Å². The molecule has 2 rings (SSSR count). The van der Waals surface area contributed by atoms with Gasteiger partial charge in [0.25, 0.3) is 0 Å². The fraction of sp³-hybridized carbons (Fsp3) is 0.462. The van der Waals surface area contributed by atoms with Gasteiger partial charge < -0.3 is 14.2 Å². The van der Waals surface area contributed by atoms with Crippen LogP contribution in [0, 0.1) is 12.8 Å². The summed E-state index contributed by atoms with van der Waals surface area (Å²) in [5, 5.41) is 13.8. The summed E-state index contributed by atoms with van der Waals surface area (Å²) in [5.41, 5.74) is 1.82. The predicted molar refractivity (Wildman–Crippen MR) is 64.6 cm³/mol. The van der Waals surface area contributed by atoms with E-state index in [4.69, 9.17) is 4.52 Å². The molecular weight excluding hydrogens is 216 g/mol. The molecule has 2 aromatic heterocycles. The molecule has 1 N–H and O–H groups in total. The van der Waals surface area contributed by atoms with Gasteiger partial charge in [-0.15, -0.1) is 0 Å². The van der Waals surface area contributed by atoms with Crippen LogP contribution >= 0.6 is 0 Å². The number of aliphatic hydroxyl groups is 1. The average molecular weight is 234 g/mol. The van der Waals surface area contributed by atoms with E-state index in [9.17, 15) is 5.11 Å². The average Bonchev–Trinajstić information content (AvgIpc) is 2.87. The summed E-state index contributed by atoms with van der Waals surface area (Å²) in [6, 6.07) is 3.85. The maximum atomic E-state index is 9.93. The van der Waals surface area contributed by atoms with E-state index in [2.05, 4.69) is 5.16 Å². The maximum absolute atomic E-state index is 9.93. The number of aliphatic hydroxyl groups excluding tert-OH is 1. The lowest BCUT2D eigenvalue weighted by Gasteiger charge is -2.12. The maximum Gasteiger partial charge on any atom is 0.156 e. The highest BCUT2D eigenvalue weighted by Gasteiger charge is 2.13.